The first kappa shape index (κ1) is 26.6. The number of nitrogens with one attached hydrogen (secondary N) is 2. The number of nitriles is 2. The SMILES string of the molecule is CC(O)C(C(=N)C#N)C(C)O.CC(O)C(C(=N)C#N)C(C)O.[Cu]. The molecule has 23 heavy (non-hydrogen) atoms. The minimum absolute atomic E-state index is 0. The van der Waals surface area contributed by atoms with E-state index in [1.807, 2.05) is 0 Å². The molecule has 1 radical (unpaired) electrons. The van der Waals surface area contributed by atoms with Crippen LogP contribution >= 0.6 is 0 Å². The van der Waals surface area contributed by atoms with Gasteiger partial charge in [0.05, 0.1) is 36.3 Å². The molecule has 4 unspecified atom stereocenters. The Morgan fingerprint density at radius 3 is 0.913 bits per heavy atom. The molecule has 0 aliphatic carbocycles. The Morgan fingerprint density at radius 1 is 0.696 bits per heavy atom. The smallest absolute Gasteiger partial charge is 0.117 e. The molecule has 8 nitrogen and oxygen atoms in total. The largest absolute Gasteiger partial charge is 0.393 e. The zero-order chi connectivity index (χ0) is 18.0. The number of aliphatic hydroxyl groups is 4. The molecule has 0 aliphatic rings. The molecule has 135 valence electrons. The molecule has 0 aliphatic heterocycles. The van der Waals surface area contributed by atoms with Crippen LogP contribution < -0.4 is 0 Å². The van der Waals surface area contributed by atoms with Gasteiger partial charge in [0.1, 0.15) is 23.6 Å². The van der Waals surface area contributed by atoms with E-state index >= 15 is 0 Å². The zero-order valence-electron chi connectivity index (χ0n) is 13.4. The second-order valence-electron chi connectivity index (χ2n) is 5.06. The Morgan fingerprint density at radius 2 is 0.870 bits per heavy atom. The van der Waals surface area contributed by atoms with E-state index in [0.717, 1.165) is 0 Å². The molecule has 0 rings (SSSR count). The van der Waals surface area contributed by atoms with E-state index in [4.69, 9.17) is 41.8 Å². The van der Waals surface area contributed by atoms with Crippen molar-refractivity contribution in [3.8, 4) is 12.1 Å². The molecule has 9 heteroatoms. The number of nitrogens with zero attached hydrogens (tertiary/aromatic N) is 2. The molecule has 0 aromatic heterocycles. The number of rotatable bonds is 6. The molecule has 0 spiro atoms. The Bertz CT molecular complexity index is 395. The predicted octanol–water partition coefficient (Wildman–Crippen LogP) is -0.187. The summed E-state index contributed by atoms with van der Waals surface area (Å²) in [4.78, 5) is 0. The van der Waals surface area contributed by atoms with Crippen molar-refractivity contribution < 1.29 is 37.5 Å². The molecule has 6 N–H and O–H groups in total. The quantitative estimate of drug-likeness (QED) is 0.277. The molecule has 0 bridgehead atoms. The molecular weight excluding hydrogens is 352 g/mol. The van der Waals surface area contributed by atoms with Crippen LogP contribution in [0, 0.1) is 45.3 Å². The Hall–Kier alpha value is -1.32. The van der Waals surface area contributed by atoms with Gasteiger partial charge in [-0.3, -0.25) is 10.8 Å². The standard InChI is InChI=1S/2C7H12N2O2.Cu/c2*1-4(10)7(5(2)11)6(9)3-8;/h2*4-5,7,9-11H,1-2H3;. The normalized spacial score (nSPS) is 17.3. The van der Waals surface area contributed by atoms with Gasteiger partial charge in [0.15, 0.2) is 0 Å². The summed E-state index contributed by atoms with van der Waals surface area (Å²) in [6.07, 6.45) is -3.44. The topological polar surface area (TPSA) is 176 Å². The molecule has 0 saturated carbocycles. The first-order valence-corrected chi connectivity index (χ1v) is 6.70. The average Bonchev–Trinajstić information content (AvgIpc) is 2.37. The second-order valence-corrected chi connectivity index (χ2v) is 5.06. The van der Waals surface area contributed by atoms with E-state index in [9.17, 15) is 0 Å². The second kappa shape index (κ2) is 13.1. The third-order valence-electron chi connectivity index (χ3n) is 2.99. The van der Waals surface area contributed by atoms with Gasteiger partial charge in [0, 0.05) is 17.1 Å². The van der Waals surface area contributed by atoms with Crippen molar-refractivity contribution in [1.29, 1.82) is 21.3 Å². The van der Waals surface area contributed by atoms with Crippen LogP contribution in [-0.2, 0) is 17.1 Å². The van der Waals surface area contributed by atoms with Gasteiger partial charge in [-0.2, -0.15) is 10.5 Å². The first-order valence-electron chi connectivity index (χ1n) is 6.70. The van der Waals surface area contributed by atoms with E-state index in [1.54, 1.807) is 12.1 Å². The van der Waals surface area contributed by atoms with Crippen molar-refractivity contribution in [2.75, 3.05) is 0 Å². The maximum atomic E-state index is 9.03. The fraction of sp³-hybridized carbons (Fsp3) is 0.714. The van der Waals surface area contributed by atoms with Crippen LogP contribution in [0.3, 0.4) is 0 Å². The van der Waals surface area contributed by atoms with Crippen molar-refractivity contribution in [3.63, 3.8) is 0 Å². The van der Waals surface area contributed by atoms with Gasteiger partial charge < -0.3 is 20.4 Å². The van der Waals surface area contributed by atoms with Gasteiger partial charge in [0.2, 0.25) is 0 Å². The van der Waals surface area contributed by atoms with Gasteiger partial charge >= 0.3 is 0 Å². The third kappa shape index (κ3) is 10.1. The van der Waals surface area contributed by atoms with Crippen LogP contribution in [-0.4, -0.2) is 56.3 Å². The Labute approximate surface area is 146 Å². The van der Waals surface area contributed by atoms with Crippen molar-refractivity contribution in [2.45, 2.75) is 52.1 Å². The molecule has 0 aromatic carbocycles. The molecule has 0 amide bonds. The minimum atomic E-state index is -0.859. The molecule has 0 fully saturated rings. The fourth-order valence-electron chi connectivity index (χ4n) is 1.92. The van der Waals surface area contributed by atoms with E-state index in [0.29, 0.717) is 0 Å². The Balaban J connectivity index is -0.000000333. The summed E-state index contributed by atoms with van der Waals surface area (Å²) in [6.45, 7) is 5.79. The maximum Gasteiger partial charge on any atom is 0.117 e. The van der Waals surface area contributed by atoms with Gasteiger partial charge in [-0.25, -0.2) is 0 Å². The molecule has 0 aromatic rings. The van der Waals surface area contributed by atoms with Crippen molar-refractivity contribution in [2.24, 2.45) is 11.8 Å². The van der Waals surface area contributed by atoms with Crippen LogP contribution in [0.1, 0.15) is 27.7 Å². The Kier molecular flexibility index (Phi) is 15.2. The number of hydrogen-bond donors (Lipinski definition) is 6. The summed E-state index contributed by atoms with van der Waals surface area (Å²) in [7, 11) is 0. The average molecular weight is 376 g/mol. The minimum Gasteiger partial charge on any atom is -0.393 e. The van der Waals surface area contributed by atoms with Gasteiger partial charge in [-0.15, -0.1) is 0 Å². The maximum absolute atomic E-state index is 9.03. The number of aliphatic hydroxyl groups excluding tert-OH is 4. The van der Waals surface area contributed by atoms with E-state index in [1.165, 1.54) is 27.7 Å². The number of hydrogen-bond acceptors (Lipinski definition) is 8. The fourth-order valence-corrected chi connectivity index (χ4v) is 1.92. The van der Waals surface area contributed by atoms with Crippen molar-refractivity contribution in [1.82, 2.24) is 0 Å². The van der Waals surface area contributed by atoms with Crippen LogP contribution in [0.5, 0.6) is 0 Å². The van der Waals surface area contributed by atoms with Crippen LogP contribution in [0.15, 0.2) is 0 Å². The van der Waals surface area contributed by atoms with Gasteiger partial charge in [-0.1, -0.05) is 0 Å². The van der Waals surface area contributed by atoms with Crippen molar-refractivity contribution >= 4 is 11.4 Å². The summed E-state index contributed by atoms with van der Waals surface area (Å²) in [5, 5.41) is 66.9. The van der Waals surface area contributed by atoms with Crippen LogP contribution in [0.25, 0.3) is 0 Å². The summed E-state index contributed by atoms with van der Waals surface area (Å²) >= 11 is 0. The van der Waals surface area contributed by atoms with E-state index < -0.39 is 36.3 Å². The van der Waals surface area contributed by atoms with Crippen molar-refractivity contribution in [3.05, 3.63) is 0 Å². The zero-order valence-corrected chi connectivity index (χ0v) is 14.4. The summed E-state index contributed by atoms with van der Waals surface area (Å²) in [5.74, 6) is -1.53. The monoisotopic (exact) mass is 375 g/mol. The molecule has 0 saturated heterocycles. The molecular formula is C14H24CuN4O4. The summed E-state index contributed by atoms with van der Waals surface area (Å²) < 4.78 is 0. The van der Waals surface area contributed by atoms with Crippen LogP contribution in [0.2, 0.25) is 0 Å². The summed E-state index contributed by atoms with van der Waals surface area (Å²) in [6, 6.07) is 3.18. The van der Waals surface area contributed by atoms with E-state index in [2.05, 4.69) is 0 Å². The first-order chi connectivity index (χ1) is 10.0. The van der Waals surface area contributed by atoms with Gasteiger partial charge in [0.25, 0.3) is 0 Å². The van der Waals surface area contributed by atoms with E-state index in [-0.39, 0.29) is 28.5 Å². The van der Waals surface area contributed by atoms with Crippen LogP contribution in [0.4, 0.5) is 0 Å². The summed E-state index contributed by atoms with van der Waals surface area (Å²) in [5.41, 5.74) is -0.565. The third-order valence-corrected chi connectivity index (χ3v) is 2.99. The molecule has 4 atom stereocenters. The predicted molar refractivity (Wildman–Crippen MR) is 80.4 cm³/mol. The van der Waals surface area contributed by atoms with Gasteiger partial charge in [-0.05, 0) is 27.7 Å². The molecule has 0 heterocycles.